The van der Waals surface area contributed by atoms with Crippen LogP contribution in [0.2, 0.25) is 5.02 Å². The van der Waals surface area contributed by atoms with Gasteiger partial charge in [0.05, 0.1) is 25.3 Å². The lowest BCUT2D eigenvalue weighted by Crippen LogP contribution is -2.35. The van der Waals surface area contributed by atoms with E-state index in [4.69, 9.17) is 21.1 Å². The molecule has 0 saturated heterocycles. The molecule has 7 heteroatoms. The first-order chi connectivity index (χ1) is 14.0. The fourth-order valence-electron chi connectivity index (χ4n) is 3.11. The van der Waals surface area contributed by atoms with Crippen LogP contribution in [0.1, 0.15) is 18.1 Å². The SMILES string of the molecule is CCOc1ccc(C2=C(Nc3cccc(Cl)c3C)C(=O)N(CCOC)C2=O)cc1. The smallest absolute Gasteiger partial charge is 0.278 e. The summed E-state index contributed by atoms with van der Waals surface area (Å²) in [6.45, 7) is 4.74. The van der Waals surface area contributed by atoms with Crippen molar-refractivity contribution in [1.29, 1.82) is 0 Å². The second-order valence-electron chi connectivity index (χ2n) is 6.50. The third kappa shape index (κ3) is 4.28. The summed E-state index contributed by atoms with van der Waals surface area (Å²) in [4.78, 5) is 27.3. The van der Waals surface area contributed by atoms with Gasteiger partial charge in [-0.15, -0.1) is 0 Å². The van der Waals surface area contributed by atoms with Crippen molar-refractivity contribution in [2.24, 2.45) is 0 Å². The Bertz CT molecular complexity index is 954. The number of methoxy groups -OCH3 is 1. The Morgan fingerprint density at radius 1 is 1.07 bits per heavy atom. The van der Waals surface area contributed by atoms with E-state index in [9.17, 15) is 9.59 Å². The molecule has 2 amide bonds. The number of carbonyl (C=O) groups is 2. The van der Waals surface area contributed by atoms with Crippen LogP contribution in [0.5, 0.6) is 5.75 Å². The Labute approximate surface area is 175 Å². The van der Waals surface area contributed by atoms with Crippen molar-refractivity contribution in [1.82, 2.24) is 4.90 Å². The van der Waals surface area contributed by atoms with E-state index < -0.39 is 5.91 Å². The highest BCUT2D eigenvalue weighted by Crippen LogP contribution is 2.33. The molecule has 0 aromatic heterocycles. The highest BCUT2D eigenvalue weighted by atomic mass is 35.5. The van der Waals surface area contributed by atoms with E-state index in [2.05, 4.69) is 5.32 Å². The number of imide groups is 1. The van der Waals surface area contributed by atoms with E-state index in [1.807, 2.05) is 19.9 Å². The predicted molar refractivity (Wildman–Crippen MR) is 113 cm³/mol. The summed E-state index contributed by atoms with van der Waals surface area (Å²) in [5.74, 6) is -0.0567. The van der Waals surface area contributed by atoms with Crippen LogP contribution in [-0.4, -0.2) is 43.6 Å². The molecule has 29 heavy (non-hydrogen) atoms. The number of ether oxygens (including phenoxy) is 2. The van der Waals surface area contributed by atoms with Gasteiger partial charge in [0.25, 0.3) is 11.8 Å². The zero-order valence-electron chi connectivity index (χ0n) is 16.6. The minimum atomic E-state index is -0.393. The Morgan fingerprint density at radius 2 is 1.79 bits per heavy atom. The monoisotopic (exact) mass is 414 g/mol. The molecule has 6 nitrogen and oxygen atoms in total. The fourth-order valence-corrected chi connectivity index (χ4v) is 3.28. The molecule has 2 aromatic rings. The lowest BCUT2D eigenvalue weighted by molar-refractivity contribution is -0.137. The lowest BCUT2D eigenvalue weighted by atomic mass is 10.0. The molecular weight excluding hydrogens is 392 g/mol. The van der Waals surface area contributed by atoms with Gasteiger partial charge in [0.15, 0.2) is 0 Å². The van der Waals surface area contributed by atoms with Crippen molar-refractivity contribution >= 4 is 34.7 Å². The van der Waals surface area contributed by atoms with E-state index in [0.717, 1.165) is 5.56 Å². The maximum atomic E-state index is 13.1. The van der Waals surface area contributed by atoms with Crippen molar-refractivity contribution in [2.45, 2.75) is 13.8 Å². The van der Waals surface area contributed by atoms with Gasteiger partial charge in [0, 0.05) is 17.8 Å². The van der Waals surface area contributed by atoms with Gasteiger partial charge in [-0.25, -0.2) is 0 Å². The maximum absolute atomic E-state index is 13.1. The highest BCUT2D eigenvalue weighted by Gasteiger charge is 2.39. The van der Waals surface area contributed by atoms with E-state index >= 15 is 0 Å². The summed E-state index contributed by atoms with van der Waals surface area (Å²) in [5, 5.41) is 3.71. The first kappa shape index (κ1) is 20.9. The predicted octanol–water partition coefficient (Wildman–Crippen LogP) is 3.89. The number of nitrogens with zero attached hydrogens (tertiary/aromatic N) is 1. The summed E-state index contributed by atoms with van der Waals surface area (Å²) < 4.78 is 10.5. The number of anilines is 1. The molecule has 1 aliphatic rings. The molecule has 0 fully saturated rings. The number of nitrogens with one attached hydrogen (secondary N) is 1. The number of hydrogen-bond acceptors (Lipinski definition) is 5. The zero-order valence-corrected chi connectivity index (χ0v) is 17.4. The number of amides is 2. The molecule has 0 aliphatic carbocycles. The first-order valence-corrected chi connectivity index (χ1v) is 9.70. The standard InChI is InChI=1S/C22H23ClN2O4/c1-4-29-16-10-8-15(9-11-16)19-20(22(27)25(21(19)26)12-13-28-3)24-18-7-5-6-17(23)14(18)2/h5-11,24H,4,12-13H2,1-3H3. The summed E-state index contributed by atoms with van der Waals surface area (Å²) in [7, 11) is 1.53. The van der Waals surface area contributed by atoms with E-state index in [0.29, 0.717) is 34.2 Å². The van der Waals surface area contributed by atoms with E-state index in [-0.39, 0.29) is 24.8 Å². The summed E-state index contributed by atoms with van der Waals surface area (Å²) in [5.41, 5.74) is 2.64. The molecule has 1 N–H and O–H groups in total. The number of carbonyl (C=O) groups excluding carboxylic acids is 2. The van der Waals surface area contributed by atoms with Crippen LogP contribution < -0.4 is 10.1 Å². The first-order valence-electron chi connectivity index (χ1n) is 9.32. The van der Waals surface area contributed by atoms with Crippen LogP contribution in [0.3, 0.4) is 0 Å². The third-order valence-electron chi connectivity index (χ3n) is 4.67. The Morgan fingerprint density at radius 3 is 2.45 bits per heavy atom. The van der Waals surface area contributed by atoms with E-state index in [1.165, 1.54) is 12.0 Å². The maximum Gasteiger partial charge on any atom is 0.278 e. The van der Waals surface area contributed by atoms with Gasteiger partial charge in [0.1, 0.15) is 11.4 Å². The van der Waals surface area contributed by atoms with Gasteiger partial charge in [-0.1, -0.05) is 29.8 Å². The Kier molecular flexibility index (Phi) is 6.56. The number of rotatable bonds is 8. The number of halogens is 1. The van der Waals surface area contributed by atoms with Crippen molar-refractivity contribution in [3.05, 3.63) is 64.3 Å². The van der Waals surface area contributed by atoms with Crippen molar-refractivity contribution in [3.8, 4) is 5.75 Å². The fraction of sp³-hybridized carbons (Fsp3) is 0.273. The van der Waals surface area contributed by atoms with Crippen LogP contribution in [0.4, 0.5) is 5.69 Å². The second-order valence-corrected chi connectivity index (χ2v) is 6.91. The van der Waals surface area contributed by atoms with Crippen molar-refractivity contribution in [2.75, 3.05) is 32.2 Å². The molecule has 0 atom stereocenters. The van der Waals surface area contributed by atoms with Crippen molar-refractivity contribution in [3.63, 3.8) is 0 Å². The van der Waals surface area contributed by atoms with Crippen LogP contribution in [0.25, 0.3) is 5.57 Å². The molecule has 2 aromatic carbocycles. The molecule has 1 aliphatic heterocycles. The molecule has 0 saturated carbocycles. The van der Waals surface area contributed by atoms with Gasteiger partial charge in [0.2, 0.25) is 0 Å². The molecular formula is C22H23ClN2O4. The van der Waals surface area contributed by atoms with Crippen LogP contribution in [0, 0.1) is 6.92 Å². The molecule has 0 radical (unpaired) electrons. The largest absolute Gasteiger partial charge is 0.494 e. The average Bonchev–Trinajstić information content (AvgIpc) is 2.94. The Balaban J connectivity index is 2.04. The van der Waals surface area contributed by atoms with Gasteiger partial charge in [-0.2, -0.15) is 0 Å². The minimum absolute atomic E-state index is 0.175. The third-order valence-corrected chi connectivity index (χ3v) is 5.08. The topological polar surface area (TPSA) is 67.9 Å². The molecule has 152 valence electrons. The molecule has 0 unspecified atom stereocenters. The highest BCUT2D eigenvalue weighted by molar-refractivity contribution is 6.36. The molecule has 0 spiro atoms. The zero-order chi connectivity index (χ0) is 21.0. The summed E-state index contributed by atoms with van der Waals surface area (Å²) >= 11 is 6.21. The van der Waals surface area contributed by atoms with Crippen LogP contribution in [0.15, 0.2) is 48.2 Å². The van der Waals surface area contributed by atoms with Gasteiger partial charge in [-0.3, -0.25) is 14.5 Å². The number of benzene rings is 2. The van der Waals surface area contributed by atoms with Crippen LogP contribution >= 0.6 is 11.6 Å². The van der Waals surface area contributed by atoms with Gasteiger partial charge >= 0.3 is 0 Å². The normalized spacial score (nSPS) is 14.0. The average molecular weight is 415 g/mol. The number of hydrogen-bond donors (Lipinski definition) is 1. The molecule has 1 heterocycles. The molecule has 3 rings (SSSR count). The van der Waals surface area contributed by atoms with Gasteiger partial charge in [-0.05, 0) is 49.2 Å². The van der Waals surface area contributed by atoms with Gasteiger partial charge < -0.3 is 14.8 Å². The van der Waals surface area contributed by atoms with Crippen molar-refractivity contribution < 1.29 is 19.1 Å². The quantitative estimate of drug-likeness (QED) is 0.664. The Hall–Kier alpha value is -2.83. The minimum Gasteiger partial charge on any atom is -0.494 e. The molecule has 0 bridgehead atoms. The summed E-state index contributed by atoms with van der Waals surface area (Å²) in [6, 6.07) is 12.5. The van der Waals surface area contributed by atoms with E-state index in [1.54, 1.807) is 36.4 Å². The summed E-state index contributed by atoms with van der Waals surface area (Å²) in [6.07, 6.45) is 0. The lowest BCUT2D eigenvalue weighted by Gasteiger charge is -2.15. The van der Waals surface area contributed by atoms with Crippen LogP contribution in [-0.2, 0) is 14.3 Å². The second kappa shape index (κ2) is 9.11.